The molecule has 1 aliphatic carbocycles. The molecule has 0 radical (unpaired) electrons. The molecule has 1 rings (SSSR count). The van der Waals surface area contributed by atoms with Crippen molar-refractivity contribution in [2.45, 2.75) is 25.7 Å². The van der Waals surface area contributed by atoms with E-state index in [1.165, 1.54) is 0 Å². The molecular weight excluding hydrogens is 144 g/mol. The molecule has 0 unspecified atom stereocenters. The van der Waals surface area contributed by atoms with Crippen LogP contribution < -0.4 is 0 Å². The monoisotopic (exact) mass is 160 g/mol. The van der Waals surface area contributed by atoms with Gasteiger partial charge in [-0.25, -0.2) is 0 Å². The molecule has 0 nitrogen and oxygen atoms in total. The van der Waals surface area contributed by atoms with Crippen molar-refractivity contribution < 1.29 is 0 Å². The summed E-state index contributed by atoms with van der Waals surface area (Å²) in [5.74, 6) is 0. The van der Waals surface area contributed by atoms with Gasteiger partial charge in [-0.3, -0.25) is 0 Å². The van der Waals surface area contributed by atoms with Gasteiger partial charge in [0.25, 0.3) is 0 Å². The average molecular weight is 160 g/mol. The van der Waals surface area contributed by atoms with Crippen molar-refractivity contribution in [3.63, 3.8) is 0 Å². The van der Waals surface area contributed by atoms with Gasteiger partial charge >= 0.3 is 0 Å². The Morgan fingerprint density at radius 3 is 2.00 bits per heavy atom. The van der Waals surface area contributed by atoms with Crippen molar-refractivity contribution in [3.05, 3.63) is 48.6 Å². The van der Waals surface area contributed by atoms with Gasteiger partial charge in [0, 0.05) is 0 Å². The molecule has 0 heterocycles. The van der Waals surface area contributed by atoms with E-state index < -0.39 is 0 Å². The summed E-state index contributed by atoms with van der Waals surface area (Å²) >= 11 is 0. The summed E-state index contributed by atoms with van der Waals surface area (Å²) in [7, 11) is 0. The molecule has 0 heteroatoms. The van der Waals surface area contributed by atoms with Crippen molar-refractivity contribution in [1.29, 1.82) is 0 Å². The largest absolute Gasteiger partial charge is 0.0879 e. The summed E-state index contributed by atoms with van der Waals surface area (Å²) in [5.41, 5.74) is 0. The fraction of sp³-hybridized carbons (Fsp3) is 0.333. The van der Waals surface area contributed by atoms with Crippen LogP contribution in [-0.2, 0) is 0 Å². The van der Waals surface area contributed by atoms with Crippen LogP contribution in [0.4, 0.5) is 0 Å². The number of hydrogen-bond donors (Lipinski definition) is 0. The Bertz CT molecular complexity index is 204. The van der Waals surface area contributed by atoms with Gasteiger partial charge in [0.15, 0.2) is 0 Å². The highest BCUT2D eigenvalue weighted by atomic mass is 13.8. The summed E-state index contributed by atoms with van der Waals surface area (Å²) < 4.78 is 0. The van der Waals surface area contributed by atoms with Crippen LogP contribution in [0.1, 0.15) is 25.7 Å². The molecule has 0 saturated heterocycles. The van der Waals surface area contributed by atoms with Crippen molar-refractivity contribution in [1.82, 2.24) is 0 Å². The molecule has 12 heavy (non-hydrogen) atoms. The van der Waals surface area contributed by atoms with Gasteiger partial charge in [-0.05, 0) is 25.7 Å². The highest BCUT2D eigenvalue weighted by Gasteiger charge is 1.77. The standard InChI is InChI=1S/C12H16/c1-2-4-6-8-10-12-11-9-7-5-3-1/h1-4,7,9-10,12H,5-6,8,11H2/b3-1-,4-2-,9-7-,12-10-. The van der Waals surface area contributed by atoms with Gasteiger partial charge in [0.2, 0.25) is 0 Å². The van der Waals surface area contributed by atoms with Crippen molar-refractivity contribution in [2.75, 3.05) is 0 Å². The summed E-state index contributed by atoms with van der Waals surface area (Å²) in [6.45, 7) is 0. The van der Waals surface area contributed by atoms with E-state index in [9.17, 15) is 0 Å². The highest BCUT2D eigenvalue weighted by Crippen LogP contribution is 1.98. The van der Waals surface area contributed by atoms with E-state index in [1.807, 2.05) is 0 Å². The van der Waals surface area contributed by atoms with Crippen LogP contribution in [-0.4, -0.2) is 0 Å². The Morgan fingerprint density at radius 1 is 0.500 bits per heavy atom. The minimum Gasteiger partial charge on any atom is -0.0879 e. The van der Waals surface area contributed by atoms with Gasteiger partial charge < -0.3 is 0 Å². The highest BCUT2D eigenvalue weighted by molar-refractivity contribution is 5.06. The van der Waals surface area contributed by atoms with Gasteiger partial charge in [-0.1, -0.05) is 48.6 Å². The first-order valence-electron chi connectivity index (χ1n) is 4.62. The molecule has 0 aliphatic heterocycles. The third-order valence-corrected chi connectivity index (χ3v) is 1.76. The van der Waals surface area contributed by atoms with Gasteiger partial charge in [0.1, 0.15) is 0 Å². The lowest BCUT2D eigenvalue weighted by molar-refractivity contribution is 1.04. The number of allylic oxidation sites excluding steroid dienone is 8. The van der Waals surface area contributed by atoms with E-state index in [4.69, 9.17) is 0 Å². The Balaban J connectivity index is 2.41. The first-order chi connectivity index (χ1) is 6.00. The molecule has 0 aromatic rings. The molecule has 1 aliphatic rings. The first-order valence-corrected chi connectivity index (χ1v) is 4.62. The second kappa shape index (κ2) is 6.66. The number of hydrogen-bond acceptors (Lipinski definition) is 0. The molecule has 0 fully saturated rings. The Labute approximate surface area is 75.0 Å². The maximum absolute atomic E-state index is 2.25. The van der Waals surface area contributed by atoms with Crippen LogP contribution in [0.25, 0.3) is 0 Å². The molecule has 0 aromatic carbocycles. The van der Waals surface area contributed by atoms with Crippen molar-refractivity contribution in [3.8, 4) is 0 Å². The quantitative estimate of drug-likeness (QED) is 0.473. The fourth-order valence-electron chi connectivity index (χ4n) is 1.09. The topological polar surface area (TPSA) is 0 Å². The molecule has 0 amide bonds. The van der Waals surface area contributed by atoms with Gasteiger partial charge in [0.05, 0.1) is 0 Å². The fourth-order valence-corrected chi connectivity index (χ4v) is 1.09. The van der Waals surface area contributed by atoms with E-state index in [0.29, 0.717) is 0 Å². The maximum Gasteiger partial charge on any atom is -0.0166 e. The van der Waals surface area contributed by atoms with E-state index in [0.717, 1.165) is 25.7 Å². The molecule has 0 bridgehead atoms. The smallest absolute Gasteiger partial charge is 0.0166 e. The summed E-state index contributed by atoms with van der Waals surface area (Å²) in [6.07, 6.45) is 22.0. The molecule has 0 aromatic heterocycles. The lowest BCUT2D eigenvalue weighted by Crippen LogP contribution is -1.67. The van der Waals surface area contributed by atoms with E-state index in [2.05, 4.69) is 48.6 Å². The third kappa shape index (κ3) is 4.73. The van der Waals surface area contributed by atoms with Crippen molar-refractivity contribution >= 4 is 0 Å². The van der Waals surface area contributed by atoms with E-state index >= 15 is 0 Å². The van der Waals surface area contributed by atoms with Gasteiger partial charge in [-0.15, -0.1) is 0 Å². The van der Waals surface area contributed by atoms with E-state index in [-0.39, 0.29) is 0 Å². The summed E-state index contributed by atoms with van der Waals surface area (Å²) in [5, 5.41) is 0. The molecule has 0 saturated carbocycles. The average Bonchev–Trinajstić information content (AvgIpc) is 2.05. The summed E-state index contributed by atoms with van der Waals surface area (Å²) in [6, 6.07) is 0. The molecule has 0 atom stereocenters. The summed E-state index contributed by atoms with van der Waals surface area (Å²) in [4.78, 5) is 0. The van der Waals surface area contributed by atoms with E-state index in [1.54, 1.807) is 0 Å². The Kier molecular flexibility index (Phi) is 5.02. The SMILES string of the molecule is C1=C\C/C=C\C/C=C\CC\C=C/1. The predicted molar refractivity (Wildman–Crippen MR) is 55.0 cm³/mol. The van der Waals surface area contributed by atoms with Gasteiger partial charge in [-0.2, -0.15) is 0 Å². The van der Waals surface area contributed by atoms with Crippen LogP contribution in [0.5, 0.6) is 0 Å². The van der Waals surface area contributed by atoms with Crippen LogP contribution in [0, 0.1) is 0 Å². The van der Waals surface area contributed by atoms with Crippen LogP contribution >= 0.6 is 0 Å². The predicted octanol–water partition coefficient (Wildman–Crippen LogP) is 3.79. The third-order valence-electron chi connectivity index (χ3n) is 1.76. The number of rotatable bonds is 0. The second-order valence-electron chi connectivity index (χ2n) is 2.85. The molecular formula is C12H16. The molecule has 64 valence electrons. The second-order valence-corrected chi connectivity index (χ2v) is 2.85. The van der Waals surface area contributed by atoms with Crippen LogP contribution in [0.3, 0.4) is 0 Å². The zero-order valence-electron chi connectivity index (χ0n) is 7.45. The molecule has 0 spiro atoms. The Morgan fingerprint density at radius 2 is 1.08 bits per heavy atom. The minimum atomic E-state index is 1.05. The van der Waals surface area contributed by atoms with Crippen LogP contribution in [0.15, 0.2) is 48.6 Å². The zero-order valence-corrected chi connectivity index (χ0v) is 7.45. The molecule has 0 N–H and O–H groups in total. The lowest BCUT2D eigenvalue weighted by Gasteiger charge is -1.88. The minimum absolute atomic E-state index is 1.05. The van der Waals surface area contributed by atoms with Crippen molar-refractivity contribution in [2.24, 2.45) is 0 Å². The normalized spacial score (nSPS) is 29.3. The van der Waals surface area contributed by atoms with Crippen LogP contribution in [0.2, 0.25) is 0 Å². The Hall–Kier alpha value is -1.04. The lowest BCUT2D eigenvalue weighted by atomic mass is 10.2. The maximum atomic E-state index is 2.25. The zero-order chi connectivity index (χ0) is 8.49. The first kappa shape index (κ1) is 9.05.